The second-order valence-corrected chi connectivity index (χ2v) is 3.81. The van der Waals surface area contributed by atoms with Crippen molar-refractivity contribution < 1.29 is 4.79 Å². The third-order valence-electron chi connectivity index (χ3n) is 2.28. The molecule has 1 amide bonds. The second kappa shape index (κ2) is 5.22. The molecule has 0 saturated heterocycles. The summed E-state index contributed by atoms with van der Waals surface area (Å²) in [6, 6.07) is 3.21. The quantitative estimate of drug-likeness (QED) is 0.827. The molecule has 2 aromatic rings. The Morgan fingerprint density at radius 3 is 2.67 bits per heavy atom. The zero-order chi connectivity index (χ0) is 13.0. The van der Waals surface area contributed by atoms with Crippen molar-refractivity contribution in [2.45, 2.75) is 13.5 Å². The Kier molecular flexibility index (Phi) is 3.47. The predicted molar refractivity (Wildman–Crippen MR) is 66.6 cm³/mol. The summed E-state index contributed by atoms with van der Waals surface area (Å²) in [7, 11) is 0. The Labute approximate surface area is 104 Å². The summed E-state index contributed by atoms with van der Waals surface area (Å²) >= 11 is 0. The molecule has 18 heavy (non-hydrogen) atoms. The molecule has 2 rings (SSSR count). The van der Waals surface area contributed by atoms with Crippen LogP contribution >= 0.6 is 0 Å². The number of nitrogens with zero attached hydrogens (tertiary/aromatic N) is 3. The van der Waals surface area contributed by atoms with Crippen LogP contribution in [0.3, 0.4) is 0 Å². The number of rotatable bonds is 3. The zero-order valence-corrected chi connectivity index (χ0v) is 9.92. The van der Waals surface area contributed by atoms with Crippen molar-refractivity contribution in [1.29, 1.82) is 0 Å². The molecule has 0 aliphatic carbocycles. The van der Waals surface area contributed by atoms with Gasteiger partial charge in [-0.05, 0) is 19.1 Å². The van der Waals surface area contributed by atoms with Gasteiger partial charge >= 0.3 is 0 Å². The number of carbonyl (C=O) groups is 1. The summed E-state index contributed by atoms with van der Waals surface area (Å²) in [4.78, 5) is 23.9. The lowest BCUT2D eigenvalue weighted by Gasteiger charge is -2.04. The maximum Gasteiger partial charge on any atom is 0.270 e. The van der Waals surface area contributed by atoms with E-state index < -0.39 is 0 Å². The molecule has 0 fully saturated rings. The number of carbonyl (C=O) groups excluding carboxylic acids is 1. The largest absolute Gasteiger partial charge is 0.397 e. The molecular weight excluding hydrogens is 230 g/mol. The smallest absolute Gasteiger partial charge is 0.270 e. The summed E-state index contributed by atoms with van der Waals surface area (Å²) < 4.78 is 0. The standard InChI is InChI=1S/C12H13N5O/c1-8-4-15-10(6-14-8)7-17-12(18)11-3-2-9(13)5-16-11/h2-6H,7,13H2,1H3,(H,17,18). The maximum atomic E-state index is 11.7. The van der Waals surface area contributed by atoms with Gasteiger partial charge in [-0.3, -0.25) is 14.8 Å². The molecule has 0 bridgehead atoms. The molecule has 92 valence electrons. The number of aryl methyl sites for hydroxylation is 1. The number of nitrogens with one attached hydrogen (secondary N) is 1. The van der Waals surface area contributed by atoms with E-state index in [4.69, 9.17) is 5.73 Å². The van der Waals surface area contributed by atoms with Crippen molar-refractivity contribution in [1.82, 2.24) is 20.3 Å². The molecule has 2 aromatic heterocycles. The van der Waals surface area contributed by atoms with Crippen molar-refractivity contribution in [2.24, 2.45) is 0 Å². The molecule has 2 heterocycles. The fourth-order valence-electron chi connectivity index (χ4n) is 1.31. The normalized spacial score (nSPS) is 10.1. The van der Waals surface area contributed by atoms with Crippen LogP contribution in [0.2, 0.25) is 0 Å². The Balaban J connectivity index is 1.96. The first kappa shape index (κ1) is 12.0. The average Bonchev–Trinajstić information content (AvgIpc) is 2.38. The van der Waals surface area contributed by atoms with E-state index >= 15 is 0 Å². The Bertz CT molecular complexity index is 535. The first-order valence-corrected chi connectivity index (χ1v) is 5.42. The third-order valence-corrected chi connectivity index (χ3v) is 2.28. The Morgan fingerprint density at radius 2 is 2.06 bits per heavy atom. The van der Waals surface area contributed by atoms with E-state index in [0.29, 0.717) is 23.6 Å². The van der Waals surface area contributed by atoms with Gasteiger partial charge in [0.1, 0.15) is 5.69 Å². The van der Waals surface area contributed by atoms with Crippen LogP contribution in [-0.2, 0) is 6.54 Å². The lowest BCUT2D eigenvalue weighted by Crippen LogP contribution is -2.24. The number of pyridine rings is 1. The van der Waals surface area contributed by atoms with Crippen LogP contribution in [0.5, 0.6) is 0 Å². The summed E-state index contributed by atoms with van der Waals surface area (Å²) in [5, 5.41) is 2.71. The third kappa shape index (κ3) is 3.00. The number of nitrogens with two attached hydrogens (primary N) is 1. The highest BCUT2D eigenvalue weighted by Crippen LogP contribution is 2.01. The average molecular weight is 243 g/mol. The molecule has 0 radical (unpaired) electrons. The molecule has 0 aliphatic heterocycles. The molecule has 6 heteroatoms. The van der Waals surface area contributed by atoms with Gasteiger partial charge in [0.15, 0.2) is 0 Å². The summed E-state index contributed by atoms with van der Waals surface area (Å²) in [5.41, 5.74) is 7.88. The van der Waals surface area contributed by atoms with Crippen molar-refractivity contribution in [3.8, 4) is 0 Å². The van der Waals surface area contributed by atoms with Crippen molar-refractivity contribution in [3.05, 3.63) is 47.8 Å². The van der Waals surface area contributed by atoms with Crippen molar-refractivity contribution in [2.75, 3.05) is 5.73 Å². The zero-order valence-electron chi connectivity index (χ0n) is 9.92. The van der Waals surface area contributed by atoms with Crippen LogP contribution in [0.15, 0.2) is 30.7 Å². The van der Waals surface area contributed by atoms with Crippen LogP contribution in [0, 0.1) is 6.92 Å². The van der Waals surface area contributed by atoms with Gasteiger partial charge in [-0.1, -0.05) is 0 Å². The molecule has 0 atom stereocenters. The van der Waals surface area contributed by atoms with E-state index in [9.17, 15) is 4.79 Å². The van der Waals surface area contributed by atoms with Gasteiger partial charge in [-0.2, -0.15) is 0 Å². The van der Waals surface area contributed by atoms with Crippen LogP contribution in [0.1, 0.15) is 21.9 Å². The van der Waals surface area contributed by atoms with Gasteiger partial charge in [0.05, 0.1) is 36.0 Å². The molecule has 6 nitrogen and oxygen atoms in total. The SMILES string of the molecule is Cc1cnc(CNC(=O)c2ccc(N)cn2)cn1. The van der Waals surface area contributed by atoms with E-state index in [1.54, 1.807) is 24.5 Å². The molecule has 0 unspecified atom stereocenters. The van der Waals surface area contributed by atoms with Gasteiger partial charge < -0.3 is 11.1 Å². The highest BCUT2D eigenvalue weighted by molar-refractivity contribution is 5.92. The van der Waals surface area contributed by atoms with Gasteiger partial charge in [-0.15, -0.1) is 0 Å². The summed E-state index contributed by atoms with van der Waals surface area (Å²) in [6.07, 6.45) is 4.73. The minimum Gasteiger partial charge on any atom is -0.397 e. The van der Waals surface area contributed by atoms with E-state index in [0.717, 1.165) is 5.69 Å². The number of hydrogen-bond donors (Lipinski definition) is 2. The number of anilines is 1. The van der Waals surface area contributed by atoms with Crippen LogP contribution in [0.25, 0.3) is 0 Å². The van der Waals surface area contributed by atoms with Crippen molar-refractivity contribution in [3.63, 3.8) is 0 Å². The number of hydrogen-bond acceptors (Lipinski definition) is 5. The number of amides is 1. The predicted octanol–water partition coefficient (Wildman–Crippen LogP) is 0.692. The molecule has 3 N–H and O–H groups in total. The van der Waals surface area contributed by atoms with E-state index in [1.807, 2.05) is 6.92 Å². The minimum absolute atomic E-state index is 0.266. The van der Waals surface area contributed by atoms with E-state index in [2.05, 4.69) is 20.3 Å². The highest BCUT2D eigenvalue weighted by atomic mass is 16.1. The van der Waals surface area contributed by atoms with E-state index in [1.165, 1.54) is 6.20 Å². The number of aromatic nitrogens is 3. The molecular formula is C12H13N5O. The molecule has 0 aromatic carbocycles. The first-order valence-electron chi connectivity index (χ1n) is 5.42. The lowest BCUT2D eigenvalue weighted by molar-refractivity contribution is 0.0945. The molecule has 0 spiro atoms. The fourth-order valence-corrected chi connectivity index (χ4v) is 1.31. The summed E-state index contributed by atoms with van der Waals surface area (Å²) in [6.45, 7) is 2.17. The molecule has 0 aliphatic rings. The number of nitrogen functional groups attached to an aromatic ring is 1. The van der Waals surface area contributed by atoms with Gasteiger partial charge in [0.25, 0.3) is 5.91 Å². The first-order chi connectivity index (χ1) is 8.65. The second-order valence-electron chi connectivity index (χ2n) is 3.81. The minimum atomic E-state index is -0.266. The fraction of sp³-hybridized carbons (Fsp3) is 0.167. The topological polar surface area (TPSA) is 93.8 Å². The van der Waals surface area contributed by atoms with Gasteiger partial charge in [0, 0.05) is 6.20 Å². The summed E-state index contributed by atoms with van der Waals surface area (Å²) in [5.74, 6) is -0.266. The van der Waals surface area contributed by atoms with Crippen LogP contribution in [0.4, 0.5) is 5.69 Å². The van der Waals surface area contributed by atoms with Gasteiger partial charge in [-0.25, -0.2) is 4.98 Å². The lowest BCUT2D eigenvalue weighted by atomic mass is 10.3. The Hall–Kier alpha value is -2.50. The van der Waals surface area contributed by atoms with Crippen LogP contribution in [-0.4, -0.2) is 20.9 Å². The van der Waals surface area contributed by atoms with Crippen molar-refractivity contribution >= 4 is 11.6 Å². The highest BCUT2D eigenvalue weighted by Gasteiger charge is 2.06. The van der Waals surface area contributed by atoms with E-state index in [-0.39, 0.29) is 5.91 Å². The maximum absolute atomic E-state index is 11.7. The van der Waals surface area contributed by atoms with Crippen LogP contribution < -0.4 is 11.1 Å². The monoisotopic (exact) mass is 243 g/mol. The molecule has 0 saturated carbocycles. The Morgan fingerprint density at radius 1 is 1.22 bits per heavy atom. The van der Waals surface area contributed by atoms with Gasteiger partial charge in [0.2, 0.25) is 0 Å².